The highest BCUT2D eigenvalue weighted by atomic mass is 16.7. The summed E-state index contributed by atoms with van der Waals surface area (Å²) >= 11 is 0. The van der Waals surface area contributed by atoms with Crippen LogP contribution in [0.15, 0.2) is 42.5 Å². The highest BCUT2D eigenvalue weighted by Gasteiger charge is 2.14. The molecule has 0 bridgehead atoms. The van der Waals surface area contributed by atoms with Crippen molar-refractivity contribution in [1.29, 1.82) is 0 Å². The Morgan fingerprint density at radius 3 is 2.48 bits per heavy atom. The van der Waals surface area contributed by atoms with E-state index in [1.54, 1.807) is 0 Å². The molecule has 0 fully saturated rings. The Morgan fingerprint density at radius 2 is 1.74 bits per heavy atom. The van der Waals surface area contributed by atoms with E-state index in [1.807, 2.05) is 25.2 Å². The fraction of sp³-hybridized carbons (Fsp3) is 0.455. The second-order valence-electron chi connectivity index (χ2n) is 7.45. The molecule has 0 aromatic heterocycles. The van der Waals surface area contributed by atoms with Gasteiger partial charge in [0, 0.05) is 13.1 Å². The number of rotatable bonds is 9. The number of hydrogen-bond donors (Lipinski definition) is 1. The van der Waals surface area contributed by atoms with Gasteiger partial charge in [-0.1, -0.05) is 44.2 Å². The van der Waals surface area contributed by atoms with Crippen LogP contribution < -0.4 is 9.47 Å². The summed E-state index contributed by atoms with van der Waals surface area (Å²) in [5.74, 6) is 2.06. The fourth-order valence-electron chi connectivity index (χ4n) is 3.14. The van der Waals surface area contributed by atoms with Gasteiger partial charge in [0.15, 0.2) is 11.5 Å². The van der Waals surface area contributed by atoms with Gasteiger partial charge in [0.2, 0.25) is 6.79 Å². The molecule has 5 nitrogen and oxygen atoms in total. The molecule has 2 aromatic rings. The van der Waals surface area contributed by atoms with Crippen LogP contribution in [0.5, 0.6) is 11.5 Å². The number of hydrogen-bond acceptors (Lipinski definition) is 5. The van der Waals surface area contributed by atoms with Crippen molar-refractivity contribution in [2.45, 2.75) is 39.0 Å². The Labute approximate surface area is 161 Å². The highest BCUT2D eigenvalue weighted by Crippen LogP contribution is 2.32. The van der Waals surface area contributed by atoms with Crippen molar-refractivity contribution < 1.29 is 19.3 Å². The fourth-order valence-corrected chi connectivity index (χ4v) is 3.14. The average molecular weight is 371 g/mol. The molecule has 1 aliphatic rings. The number of fused-ring (bicyclic) bond motifs is 1. The van der Waals surface area contributed by atoms with Crippen LogP contribution in [0.1, 0.15) is 36.5 Å². The Bertz CT molecular complexity index is 730. The summed E-state index contributed by atoms with van der Waals surface area (Å²) in [4.78, 5) is 2.11. The van der Waals surface area contributed by atoms with Gasteiger partial charge >= 0.3 is 0 Å². The number of benzene rings is 2. The number of aliphatic hydroxyl groups excluding tert-OH is 1. The van der Waals surface area contributed by atoms with E-state index < -0.39 is 6.10 Å². The maximum Gasteiger partial charge on any atom is 0.231 e. The van der Waals surface area contributed by atoms with E-state index in [2.05, 4.69) is 43.0 Å². The Kier molecular flexibility index (Phi) is 6.72. The third-order valence-electron chi connectivity index (χ3n) is 4.64. The smallest absolute Gasteiger partial charge is 0.231 e. The minimum absolute atomic E-state index is 0.269. The molecule has 3 rings (SSSR count). The minimum Gasteiger partial charge on any atom is -0.454 e. The monoisotopic (exact) mass is 371 g/mol. The van der Waals surface area contributed by atoms with Crippen LogP contribution in [0, 0.1) is 0 Å². The number of nitrogens with zero attached hydrogens (tertiary/aromatic N) is 1. The van der Waals surface area contributed by atoms with Crippen molar-refractivity contribution in [2.24, 2.45) is 0 Å². The van der Waals surface area contributed by atoms with Gasteiger partial charge in [-0.25, -0.2) is 0 Å². The molecule has 27 heavy (non-hydrogen) atoms. The van der Waals surface area contributed by atoms with E-state index in [1.165, 1.54) is 11.1 Å². The molecule has 146 valence electrons. The van der Waals surface area contributed by atoms with Crippen molar-refractivity contribution in [1.82, 2.24) is 4.90 Å². The zero-order valence-corrected chi connectivity index (χ0v) is 16.4. The predicted molar refractivity (Wildman–Crippen MR) is 105 cm³/mol. The van der Waals surface area contributed by atoms with Gasteiger partial charge in [0.05, 0.1) is 19.3 Å². The quantitative estimate of drug-likeness (QED) is 0.731. The maximum absolute atomic E-state index is 10.2. The molecular formula is C22H29NO4. The number of ether oxygens (including phenoxy) is 3. The molecule has 0 saturated heterocycles. The van der Waals surface area contributed by atoms with E-state index in [9.17, 15) is 5.11 Å². The van der Waals surface area contributed by atoms with E-state index in [-0.39, 0.29) is 6.79 Å². The first-order valence-electron chi connectivity index (χ1n) is 9.43. The molecule has 0 radical (unpaired) electrons. The Balaban J connectivity index is 1.38. The summed E-state index contributed by atoms with van der Waals surface area (Å²) in [6.07, 6.45) is -0.529. The summed E-state index contributed by atoms with van der Waals surface area (Å²) in [5, 5.41) is 10.2. The first-order valence-corrected chi connectivity index (χ1v) is 9.43. The SMILES string of the molecule is CC(C)c1ccc(CN(C)C[C@H](O)COCc2ccc3c(c2)OCO3)cc1. The van der Waals surface area contributed by atoms with Crippen molar-refractivity contribution in [2.75, 3.05) is 27.0 Å². The van der Waals surface area contributed by atoms with Crippen molar-refractivity contribution in [3.05, 3.63) is 59.2 Å². The van der Waals surface area contributed by atoms with E-state index in [4.69, 9.17) is 14.2 Å². The van der Waals surface area contributed by atoms with Crippen LogP contribution in [0.2, 0.25) is 0 Å². The topological polar surface area (TPSA) is 51.2 Å². The van der Waals surface area contributed by atoms with Gasteiger partial charge in [0.1, 0.15) is 0 Å². The number of likely N-dealkylation sites (N-methyl/N-ethyl adjacent to an activating group) is 1. The molecule has 0 spiro atoms. The molecule has 1 N–H and O–H groups in total. The molecule has 2 aromatic carbocycles. The van der Waals surface area contributed by atoms with Crippen molar-refractivity contribution in [3.8, 4) is 11.5 Å². The minimum atomic E-state index is -0.529. The maximum atomic E-state index is 10.2. The van der Waals surface area contributed by atoms with Crippen LogP contribution in [-0.2, 0) is 17.9 Å². The molecular weight excluding hydrogens is 342 g/mol. The van der Waals surface area contributed by atoms with Crippen LogP contribution >= 0.6 is 0 Å². The summed E-state index contributed by atoms with van der Waals surface area (Å²) in [6.45, 7) is 6.76. The molecule has 1 heterocycles. The molecule has 0 amide bonds. The molecule has 1 atom stereocenters. The molecule has 5 heteroatoms. The average Bonchev–Trinajstić information content (AvgIpc) is 3.09. The van der Waals surface area contributed by atoms with Crippen LogP contribution in [0.4, 0.5) is 0 Å². The lowest BCUT2D eigenvalue weighted by atomic mass is 10.0. The van der Waals surface area contributed by atoms with E-state index >= 15 is 0 Å². The molecule has 0 aliphatic carbocycles. The molecule has 0 saturated carbocycles. The van der Waals surface area contributed by atoms with Crippen LogP contribution in [0.25, 0.3) is 0 Å². The first kappa shape index (κ1) is 19.7. The second kappa shape index (κ2) is 9.22. The zero-order chi connectivity index (χ0) is 19.2. The van der Waals surface area contributed by atoms with Gasteiger partial charge in [-0.2, -0.15) is 0 Å². The third kappa shape index (κ3) is 5.70. The summed E-state index contributed by atoms with van der Waals surface area (Å²) in [5.41, 5.74) is 3.60. The van der Waals surface area contributed by atoms with Gasteiger partial charge in [-0.15, -0.1) is 0 Å². The lowest BCUT2D eigenvalue weighted by Gasteiger charge is -2.21. The largest absolute Gasteiger partial charge is 0.454 e. The normalized spacial score (nSPS) is 14.1. The van der Waals surface area contributed by atoms with Crippen LogP contribution in [-0.4, -0.2) is 43.1 Å². The number of aliphatic hydroxyl groups is 1. The van der Waals surface area contributed by atoms with Crippen LogP contribution in [0.3, 0.4) is 0 Å². The molecule has 1 aliphatic heterocycles. The summed E-state index contributed by atoms with van der Waals surface area (Å²) < 4.78 is 16.3. The van der Waals surface area contributed by atoms with Crippen molar-refractivity contribution >= 4 is 0 Å². The lowest BCUT2D eigenvalue weighted by Crippen LogP contribution is -2.31. The highest BCUT2D eigenvalue weighted by molar-refractivity contribution is 5.44. The predicted octanol–water partition coefficient (Wildman–Crippen LogP) is 3.55. The Morgan fingerprint density at radius 1 is 1.04 bits per heavy atom. The summed E-state index contributed by atoms with van der Waals surface area (Å²) in [6, 6.07) is 14.4. The van der Waals surface area contributed by atoms with E-state index in [0.29, 0.717) is 25.7 Å². The van der Waals surface area contributed by atoms with Gasteiger partial charge < -0.3 is 19.3 Å². The Hall–Kier alpha value is -2.08. The van der Waals surface area contributed by atoms with Gasteiger partial charge in [-0.3, -0.25) is 4.90 Å². The van der Waals surface area contributed by atoms with Gasteiger partial charge in [0.25, 0.3) is 0 Å². The summed E-state index contributed by atoms with van der Waals surface area (Å²) in [7, 11) is 2.01. The van der Waals surface area contributed by atoms with Crippen molar-refractivity contribution in [3.63, 3.8) is 0 Å². The molecule has 0 unspecified atom stereocenters. The van der Waals surface area contributed by atoms with E-state index in [0.717, 1.165) is 23.6 Å². The standard InChI is InChI=1S/C22H29NO4/c1-16(2)19-7-4-17(5-8-19)11-23(3)12-20(24)14-25-13-18-6-9-21-22(10-18)27-15-26-21/h4-10,16,20,24H,11-15H2,1-3H3/t20-/m0/s1. The first-order chi connectivity index (χ1) is 13.0. The second-order valence-corrected chi connectivity index (χ2v) is 7.45. The third-order valence-corrected chi connectivity index (χ3v) is 4.64. The zero-order valence-electron chi connectivity index (χ0n) is 16.4. The lowest BCUT2D eigenvalue weighted by molar-refractivity contribution is 0.0127. The van der Waals surface area contributed by atoms with Gasteiger partial charge in [-0.05, 0) is 41.8 Å².